The number of halogens is 2. The zero-order chi connectivity index (χ0) is 26.6. The monoisotopic (exact) mass is 512 g/mol. The van der Waals surface area contributed by atoms with E-state index in [0.717, 1.165) is 17.6 Å². The Morgan fingerprint density at radius 2 is 1.58 bits per heavy atom. The number of carbonyl (C=O) groups excluding carboxylic acids is 2. The maximum absolute atomic E-state index is 14.3. The van der Waals surface area contributed by atoms with Crippen LogP contribution >= 0.6 is 0 Å². The van der Waals surface area contributed by atoms with Gasteiger partial charge in [0.2, 0.25) is 0 Å². The van der Waals surface area contributed by atoms with Gasteiger partial charge >= 0.3 is 0 Å². The molecule has 2 aromatic heterocycles. The number of aromatic nitrogens is 5. The highest BCUT2D eigenvalue weighted by molar-refractivity contribution is 6.21. The van der Waals surface area contributed by atoms with Crippen LogP contribution in [0.3, 0.4) is 0 Å². The molecule has 6 rings (SSSR count). The zero-order valence-corrected chi connectivity index (χ0v) is 20.5. The molecule has 0 saturated carbocycles. The third kappa shape index (κ3) is 3.76. The van der Waals surface area contributed by atoms with Gasteiger partial charge in [-0.3, -0.25) is 14.5 Å². The van der Waals surface area contributed by atoms with Crippen molar-refractivity contribution >= 4 is 22.8 Å². The summed E-state index contributed by atoms with van der Waals surface area (Å²) in [4.78, 5) is 33.0. The standard InChI is InChI=1S/C28H22F2N6O2/c1-16(2)25(36-27(37)19-7-3-4-8-20(19)28(36)38)26-31-22-9-5-6-10-24(22)34(26)14-18-15-35(33-32-18)23-12-11-17(29)13-21(23)30/h3-13,15-16,25H,14H2,1-2H3/t25-/m1/s1. The van der Waals surface area contributed by atoms with Crippen molar-refractivity contribution in [2.24, 2.45) is 5.92 Å². The van der Waals surface area contributed by atoms with Crippen LogP contribution in [0.4, 0.5) is 8.78 Å². The minimum Gasteiger partial charge on any atom is -0.320 e. The highest BCUT2D eigenvalue weighted by Crippen LogP contribution is 2.37. The molecule has 0 fully saturated rings. The second-order valence-corrected chi connectivity index (χ2v) is 9.51. The van der Waals surface area contributed by atoms with Gasteiger partial charge in [-0.1, -0.05) is 43.3 Å². The Hall–Kier alpha value is -4.73. The van der Waals surface area contributed by atoms with Crippen LogP contribution in [-0.2, 0) is 6.54 Å². The van der Waals surface area contributed by atoms with Crippen LogP contribution in [0, 0.1) is 17.6 Å². The van der Waals surface area contributed by atoms with Gasteiger partial charge in [0.15, 0.2) is 5.82 Å². The van der Waals surface area contributed by atoms with Crippen molar-refractivity contribution in [3.63, 3.8) is 0 Å². The highest BCUT2D eigenvalue weighted by atomic mass is 19.1. The average Bonchev–Trinajstić information content (AvgIpc) is 3.57. The number of nitrogens with zero attached hydrogens (tertiary/aromatic N) is 6. The van der Waals surface area contributed by atoms with Gasteiger partial charge in [0.05, 0.1) is 34.9 Å². The van der Waals surface area contributed by atoms with E-state index in [1.807, 2.05) is 42.7 Å². The predicted octanol–water partition coefficient (Wildman–Crippen LogP) is 4.94. The van der Waals surface area contributed by atoms with Crippen molar-refractivity contribution in [2.75, 3.05) is 0 Å². The zero-order valence-electron chi connectivity index (χ0n) is 20.5. The van der Waals surface area contributed by atoms with Gasteiger partial charge < -0.3 is 4.57 Å². The number of para-hydroxylation sites is 2. The number of hydrogen-bond donors (Lipinski definition) is 0. The molecule has 1 atom stereocenters. The summed E-state index contributed by atoms with van der Waals surface area (Å²) in [5.41, 5.74) is 2.77. The molecule has 1 aliphatic heterocycles. The highest BCUT2D eigenvalue weighted by Gasteiger charge is 2.43. The Balaban J connectivity index is 1.44. The quantitative estimate of drug-likeness (QED) is 0.301. The van der Waals surface area contributed by atoms with E-state index in [-0.39, 0.29) is 30.0 Å². The molecule has 8 nitrogen and oxygen atoms in total. The van der Waals surface area contributed by atoms with Gasteiger partial charge in [0.1, 0.15) is 29.1 Å². The van der Waals surface area contributed by atoms with Crippen molar-refractivity contribution in [3.8, 4) is 5.69 Å². The van der Waals surface area contributed by atoms with E-state index in [2.05, 4.69) is 10.3 Å². The Morgan fingerprint density at radius 3 is 2.26 bits per heavy atom. The summed E-state index contributed by atoms with van der Waals surface area (Å²) in [7, 11) is 0. The summed E-state index contributed by atoms with van der Waals surface area (Å²) in [5, 5.41) is 8.23. The Kier molecular flexibility index (Phi) is 5.59. The molecular formula is C28H22F2N6O2. The molecule has 38 heavy (non-hydrogen) atoms. The molecule has 3 aromatic carbocycles. The Labute approximate surface area is 216 Å². The number of imide groups is 1. The lowest BCUT2D eigenvalue weighted by Crippen LogP contribution is -2.38. The smallest absolute Gasteiger partial charge is 0.262 e. The maximum atomic E-state index is 14.3. The molecule has 190 valence electrons. The number of carbonyl (C=O) groups is 2. The second kappa shape index (κ2) is 8.98. The van der Waals surface area contributed by atoms with Gasteiger partial charge in [-0.25, -0.2) is 18.4 Å². The molecule has 5 aromatic rings. The molecule has 0 spiro atoms. The third-order valence-electron chi connectivity index (χ3n) is 6.70. The third-order valence-corrected chi connectivity index (χ3v) is 6.70. The number of fused-ring (bicyclic) bond motifs is 2. The molecule has 0 aliphatic carbocycles. The summed E-state index contributed by atoms with van der Waals surface area (Å²) in [6, 6.07) is 16.9. The summed E-state index contributed by atoms with van der Waals surface area (Å²) in [6.45, 7) is 4.07. The first kappa shape index (κ1) is 23.7. The molecular weight excluding hydrogens is 490 g/mol. The van der Waals surface area contributed by atoms with Crippen molar-refractivity contribution in [1.82, 2.24) is 29.4 Å². The van der Waals surface area contributed by atoms with Crippen molar-refractivity contribution in [3.05, 3.63) is 107 Å². The first-order valence-corrected chi connectivity index (χ1v) is 12.1. The summed E-state index contributed by atoms with van der Waals surface area (Å²) < 4.78 is 30.9. The minimum atomic E-state index is -0.763. The summed E-state index contributed by atoms with van der Waals surface area (Å²) in [6.07, 6.45) is 1.56. The van der Waals surface area contributed by atoms with E-state index < -0.39 is 17.7 Å². The lowest BCUT2D eigenvalue weighted by atomic mass is 10.0. The van der Waals surface area contributed by atoms with Gasteiger partial charge in [-0.05, 0) is 42.3 Å². The second-order valence-electron chi connectivity index (χ2n) is 9.51. The van der Waals surface area contributed by atoms with E-state index in [1.165, 1.54) is 15.6 Å². The van der Waals surface area contributed by atoms with Crippen molar-refractivity contribution in [2.45, 2.75) is 26.4 Å². The van der Waals surface area contributed by atoms with Gasteiger partial charge in [0, 0.05) is 6.07 Å². The summed E-state index contributed by atoms with van der Waals surface area (Å²) in [5.74, 6) is -1.80. The molecule has 10 heteroatoms. The van der Waals surface area contributed by atoms with Gasteiger partial charge in [-0.15, -0.1) is 5.10 Å². The summed E-state index contributed by atoms with van der Waals surface area (Å²) >= 11 is 0. The fraction of sp³-hybridized carbons (Fsp3) is 0.179. The maximum Gasteiger partial charge on any atom is 0.262 e. The van der Waals surface area contributed by atoms with Crippen molar-refractivity contribution < 1.29 is 18.4 Å². The molecule has 2 amide bonds. The number of hydrogen-bond acceptors (Lipinski definition) is 5. The van der Waals surface area contributed by atoms with Crippen LogP contribution in [0.2, 0.25) is 0 Å². The Bertz CT molecular complexity index is 1690. The van der Waals surface area contributed by atoms with Gasteiger partial charge in [0.25, 0.3) is 11.8 Å². The molecule has 3 heterocycles. The van der Waals surface area contributed by atoms with Crippen LogP contribution < -0.4 is 0 Å². The Morgan fingerprint density at radius 1 is 0.895 bits per heavy atom. The van der Waals surface area contributed by atoms with Crippen LogP contribution in [0.5, 0.6) is 0 Å². The minimum absolute atomic E-state index is 0.0620. The molecule has 1 aliphatic rings. The lowest BCUT2D eigenvalue weighted by molar-refractivity contribution is 0.0525. The normalized spacial score (nSPS) is 14.1. The predicted molar refractivity (Wildman–Crippen MR) is 135 cm³/mol. The van der Waals surface area contributed by atoms with E-state index in [4.69, 9.17) is 4.98 Å². The lowest BCUT2D eigenvalue weighted by Gasteiger charge is -2.29. The SMILES string of the molecule is CC(C)[C@H](c1nc2ccccc2n1Cc1cn(-c2ccc(F)cc2F)nn1)N1C(=O)c2ccccc2C1=O. The van der Waals surface area contributed by atoms with E-state index >= 15 is 0 Å². The van der Waals surface area contributed by atoms with Crippen LogP contribution in [-0.4, -0.2) is 41.3 Å². The molecule has 0 N–H and O–H groups in total. The largest absolute Gasteiger partial charge is 0.320 e. The van der Waals surface area contributed by atoms with E-state index in [0.29, 0.717) is 28.2 Å². The van der Waals surface area contributed by atoms with E-state index in [9.17, 15) is 18.4 Å². The number of imidazole rings is 1. The molecule has 0 radical (unpaired) electrons. The number of amides is 2. The van der Waals surface area contributed by atoms with Crippen LogP contribution in [0.25, 0.3) is 16.7 Å². The number of benzene rings is 3. The molecule has 0 unspecified atom stereocenters. The van der Waals surface area contributed by atoms with Crippen LogP contribution in [0.1, 0.15) is 52.1 Å². The molecule has 0 saturated heterocycles. The van der Waals surface area contributed by atoms with Gasteiger partial charge in [-0.2, -0.15) is 0 Å². The fourth-order valence-electron chi connectivity index (χ4n) is 4.98. The average molecular weight is 513 g/mol. The number of rotatable bonds is 6. The first-order chi connectivity index (χ1) is 18.3. The van der Waals surface area contributed by atoms with E-state index in [1.54, 1.807) is 30.5 Å². The van der Waals surface area contributed by atoms with Crippen molar-refractivity contribution in [1.29, 1.82) is 0 Å². The molecule has 0 bridgehead atoms. The first-order valence-electron chi connectivity index (χ1n) is 12.1. The van der Waals surface area contributed by atoms with Crippen LogP contribution in [0.15, 0.2) is 72.9 Å². The fourth-order valence-corrected chi connectivity index (χ4v) is 4.98. The topological polar surface area (TPSA) is 85.9 Å².